The summed E-state index contributed by atoms with van der Waals surface area (Å²) in [6, 6.07) is 8.60. The predicted octanol–water partition coefficient (Wildman–Crippen LogP) is 4.78. The lowest BCUT2D eigenvalue weighted by Gasteiger charge is -2.31. The fraction of sp³-hybridized carbons (Fsp3) is 0.423. The van der Waals surface area contributed by atoms with Crippen molar-refractivity contribution in [1.29, 1.82) is 0 Å². The lowest BCUT2D eigenvalue weighted by atomic mass is 9.88. The molecule has 1 fully saturated rings. The molecule has 0 radical (unpaired) electrons. The zero-order valence-electron chi connectivity index (χ0n) is 19.0. The van der Waals surface area contributed by atoms with Crippen LogP contribution in [-0.2, 0) is 20.7 Å². The number of Topliss-reactive ketones (excluding diaryl/α,β-unsaturated/α-hetero) is 2. The highest BCUT2D eigenvalue weighted by Crippen LogP contribution is 2.37. The van der Waals surface area contributed by atoms with Gasteiger partial charge >= 0.3 is 0 Å². The van der Waals surface area contributed by atoms with Gasteiger partial charge in [-0.05, 0) is 55.5 Å². The number of rotatable bonds is 7. The number of imidazole rings is 1. The molecule has 0 unspecified atom stereocenters. The first-order valence-electron chi connectivity index (χ1n) is 11.8. The molecule has 4 atom stereocenters. The molecule has 2 aliphatic rings. The Morgan fingerprint density at radius 2 is 1.91 bits per heavy atom. The van der Waals surface area contributed by atoms with E-state index in [1.54, 1.807) is 30.3 Å². The van der Waals surface area contributed by atoms with Gasteiger partial charge in [0.05, 0.1) is 18.4 Å². The minimum atomic E-state index is -0.791. The van der Waals surface area contributed by atoms with Crippen molar-refractivity contribution < 1.29 is 24.2 Å². The van der Waals surface area contributed by atoms with Crippen molar-refractivity contribution in [2.24, 2.45) is 5.92 Å². The molecule has 5 rings (SSSR count). The monoisotopic (exact) mass is 516 g/mol. The van der Waals surface area contributed by atoms with Crippen molar-refractivity contribution in [3.8, 4) is 5.75 Å². The van der Waals surface area contributed by atoms with E-state index in [2.05, 4.69) is 4.98 Å². The molecule has 0 saturated carbocycles. The molecule has 9 heteroatoms. The minimum absolute atomic E-state index is 0.0297. The molecular formula is C26H26Cl2N2O5. The highest BCUT2D eigenvalue weighted by atomic mass is 35.5. The van der Waals surface area contributed by atoms with E-state index in [0.29, 0.717) is 53.6 Å². The van der Waals surface area contributed by atoms with Gasteiger partial charge in [0.25, 0.3) is 0 Å². The van der Waals surface area contributed by atoms with Gasteiger partial charge in [-0.25, -0.2) is 4.98 Å². The first-order valence-corrected chi connectivity index (χ1v) is 12.6. The molecule has 1 aromatic carbocycles. The lowest BCUT2D eigenvalue weighted by Crippen LogP contribution is -2.37. The van der Waals surface area contributed by atoms with Crippen LogP contribution >= 0.6 is 23.2 Å². The van der Waals surface area contributed by atoms with E-state index >= 15 is 0 Å². The standard InChI is InChI=1S/C26H26Cl2N2O5/c27-16-2-6-23-19(10-16)21(32)12-25(35-23)22(33)9-15-1-5-24(34-14-15)20(31)4-3-18-13-30-8-7-17(28)11-26(30)29-18/h2,6-8,10-11,13,15,21,24-25,32H,1,3-5,9,12,14H2/t15-,21-,24-,25-/m0/s1. The van der Waals surface area contributed by atoms with Gasteiger partial charge in [-0.3, -0.25) is 9.59 Å². The number of carbonyl (C=O) groups is 2. The van der Waals surface area contributed by atoms with Crippen LogP contribution in [0.25, 0.3) is 5.65 Å². The van der Waals surface area contributed by atoms with Gasteiger partial charge in [-0.2, -0.15) is 0 Å². The van der Waals surface area contributed by atoms with E-state index in [1.165, 1.54) is 0 Å². The van der Waals surface area contributed by atoms with Crippen LogP contribution in [0.1, 0.15) is 49.5 Å². The smallest absolute Gasteiger partial charge is 0.173 e. The third kappa shape index (κ3) is 5.54. The van der Waals surface area contributed by atoms with E-state index in [4.69, 9.17) is 32.7 Å². The van der Waals surface area contributed by atoms with E-state index in [-0.39, 0.29) is 23.9 Å². The summed E-state index contributed by atoms with van der Waals surface area (Å²) in [7, 11) is 0. The maximum Gasteiger partial charge on any atom is 0.173 e. The number of hydrogen-bond donors (Lipinski definition) is 1. The Hall–Kier alpha value is -2.45. The van der Waals surface area contributed by atoms with Crippen molar-refractivity contribution in [3.05, 3.63) is 64.0 Å². The molecule has 3 aromatic rings. The summed E-state index contributed by atoms with van der Waals surface area (Å²) >= 11 is 12.0. The molecule has 0 aliphatic carbocycles. The Kier molecular flexibility index (Phi) is 7.12. The number of halogens is 2. The summed E-state index contributed by atoms with van der Waals surface area (Å²) in [4.78, 5) is 30.1. The zero-order valence-corrected chi connectivity index (χ0v) is 20.5. The van der Waals surface area contributed by atoms with Crippen molar-refractivity contribution >= 4 is 40.4 Å². The number of ether oxygens (including phenoxy) is 2. The Balaban J connectivity index is 1.09. The number of carbonyl (C=O) groups excluding carboxylic acids is 2. The van der Waals surface area contributed by atoms with Gasteiger partial charge in [-0.15, -0.1) is 0 Å². The SMILES string of the molecule is O=C(CCc1cn2ccc(Cl)cc2n1)[C@@H]1CC[C@@H](CC(=O)[C@@H]2C[C@H](O)c3cc(Cl)ccc3O2)CO1. The molecular weight excluding hydrogens is 491 g/mol. The molecule has 1 N–H and O–H groups in total. The maximum atomic E-state index is 12.9. The van der Waals surface area contributed by atoms with Crippen molar-refractivity contribution in [1.82, 2.24) is 9.38 Å². The predicted molar refractivity (Wildman–Crippen MR) is 131 cm³/mol. The number of fused-ring (bicyclic) bond motifs is 2. The zero-order chi connectivity index (χ0) is 24.5. The molecule has 7 nitrogen and oxygen atoms in total. The van der Waals surface area contributed by atoms with Crippen LogP contribution in [0.2, 0.25) is 10.0 Å². The third-order valence-corrected chi connectivity index (χ3v) is 7.19. The fourth-order valence-electron chi connectivity index (χ4n) is 4.79. The van der Waals surface area contributed by atoms with Gasteiger partial charge in [0.2, 0.25) is 0 Å². The fourth-order valence-corrected chi connectivity index (χ4v) is 5.13. The Labute approximate surface area is 213 Å². The number of benzene rings is 1. The maximum absolute atomic E-state index is 12.9. The molecule has 2 aromatic heterocycles. The molecule has 0 amide bonds. The lowest BCUT2D eigenvalue weighted by molar-refractivity contribution is -0.137. The summed E-state index contributed by atoms with van der Waals surface area (Å²) in [5, 5.41) is 11.6. The van der Waals surface area contributed by atoms with Crippen LogP contribution in [0.4, 0.5) is 0 Å². The molecule has 184 valence electrons. The molecule has 0 bridgehead atoms. The van der Waals surface area contributed by atoms with Crippen LogP contribution in [0.15, 0.2) is 42.7 Å². The second-order valence-electron chi connectivity index (χ2n) is 9.28. The average molecular weight is 517 g/mol. The summed E-state index contributed by atoms with van der Waals surface area (Å²) < 4.78 is 13.6. The minimum Gasteiger partial charge on any atom is -0.482 e. The summed E-state index contributed by atoms with van der Waals surface area (Å²) in [5.41, 5.74) is 2.19. The second kappa shape index (κ2) is 10.3. The van der Waals surface area contributed by atoms with Crippen molar-refractivity contribution in [2.75, 3.05) is 6.61 Å². The first-order chi connectivity index (χ1) is 16.9. The van der Waals surface area contributed by atoms with Crippen LogP contribution in [0.3, 0.4) is 0 Å². The molecule has 2 aliphatic heterocycles. The van der Waals surface area contributed by atoms with E-state index in [1.807, 2.05) is 16.8 Å². The van der Waals surface area contributed by atoms with Gasteiger partial charge in [0.1, 0.15) is 17.5 Å². The van der Waals surface area contributed by atoms with Gasteiger partial charge < -0.3 is 19.0 Å². The van der Waals surface area contributed by atoms with Gasteiger partial charge in [-0.1, -0.05) is 23.2 Å². The highest BCUT2D eigenvalue weighted by Gasteiger charge is 2.34. The number of aryl methyl sites for hydroxylation is 1. The molecule has 1 saturated heterocycles. The number of aliphatic hydroxyl groups excluding tert-OH is 1. The van der Waals surface area contributed by atoms with Crippen LogP contribution < -0.4 is 4.74 Å². The van der Waals surface area contributed by atoms with Crippen molar-refractivity contribution in [2.45, 2.75) is 56.8 Å². The normalized spacial score (nSPS) is 24.1. The first kappa shape index (κ1) is 24.3. The Morgan fingerprint density at radius 3 is 2.71 bits per heavy atom. The van der Waals surface area contributed by atoms with Gasteiger partial charge in [0.15, 0.2) is 17.7 Å². The number of aliphatic hydroxyl groups is 1. The number of nitrogens with zero attached hydrogens (tertiary/aromatic N) is 2. The summed E-state index contributed by atoms with van der Waals surface area (Å²) in [6.07, 6.45) is 4.52. The van der Waals surface area contributed by atoms with E-state index in [0.717, 1.165) is 17.8 Å². The second-order valence-corrected chi connectivity index (χ2v) is 10.2. The van der Waals surface area contributed by atoms with Crippen molar-refractivity contribution in [3.63, 3.8) is 0 Å². The van der Waals surface area contributed by atoms with Crippen LogP contribution in [0.5, 0.6) is 5.75 Å². The Bertz CT molecular complexity index is 1250. The topological polar surface area (TPSA) is 90.1 Å². The van der Waals surface area contributed by atoms with Crippen LogP contribution in [-0.4, -0.2) is 44.9 Å². The van der Waals surface area contributed by atoms with E-state index < -0.39 is 18.3 Å². The summed E-state index contributed by atoms with van der Waals surface area (Å²) in [6.45, 7) is 0.358. The average Bonchev–Trinajstić information content (AvgIpc) is 3.25. The molecule has 4 heterocycles. The van der Waals surface area contributed by atoms with Gasteiger partial charge in [0, 0.05) is 47.3 Å². The number of ketones is 2. The largest absolute Gasteiger partial charge is 0.482 e. The number of pyridine rings is 1. The van der Waals surface area contributed by atoms with Crippen LogP contribution in [0, 0.1) is 5.92 Å². The van der Waals surface area contributed by atoms with E-state index in [9.17, 15) is 14.7 Å². The quantitative estimate of drug-likeness (QED) is 0.485. The number of aromatic nitrogens is 2. The third-order valence-electron chi connectivity index (χ3n) is 6.72. The Morgan fingerprint density at radius 1 is 1.09 bits per heavy atom. The number of hydrogen-bond acceptors (Lipinski definition) is 6. The highest BCUT2D eigenvalue weighted by molar-refractivity contribution is 6.31. The molecule has 35 heavy (non-hydrogen) atoms. The summed E-state index contributed by atoms with van der Waals surface area (Å²) in [5.74, 6) is 0.515. The molecule has 0 spiro atoms.